The van der Waals surface area contributed by atoms with Gasteiger partial charge in [0.15, 0.2) is 5.78 Å². The van der Waals surface area contributed by atoms with E-state index in [1.165, 1.54) is 19.2 Å². The molecule has 4 N–H and O–H groups in total. The number of ether oxygens (including phenoxy) is 4. The van der Waals surface area contributed by atoms with Crippen LogP contribution in [0, 0.1) is 6.92 Å². The molecular weight excluding hydrogens is 500 g/mol. The van der Waals surface area contributed by atoms with Crippen LogP contribution >= 0.6 is 0 Å². The third kappa shape index (κ3) is 6.14. The highest BCUT2D eigenvalue weighted by Gasteiger charge is 2.46. The molecule has 1 aromatic heterocycles. The summed E-state index contributed by atoms with van der Waals surface area (Å²) >= 11 is 0. The number of benzene rings is 2. The monoisotopic (exact) mass is 530 g/mol. The first-order valence-electron chi connectivity index (χ1n) is 12.0. The van der Waals surface area contributed by atoms with Crippen molar-refractivity contribution in [3.8, 4) is 11.5 Å². The number of rotatable bonds is 10. The van der Waals surface area contributed by atoms with E-state index < -0.39 is 49.1 Å². The van der Waals surface area contributed by atoms with Crippen LogP contribution < -0.4 is 4.74 Å². The molecule has 2 heterocycles. The molecule has 1 aliphatic heterocycles. The topological polar surface area (TPSA) is 165 Å². The smallest absolute Gasteiger partial charge is 0.332 e. The zero-order chi connectivity index (χ0) is 27.4. The maximum atomic E-state index is 13.2. The lowest BCUT2D eigenvalue weighted by atomic mass is 9.98. The summed E-state index contributed by atoms with van der Waals surface area (Å²) in [5, 5.41) is 42.6. The van der Waals surface area contributed by atoms with E-state index in [2.05, 4.69) is 4.74 Å². The van der Waals surface area contributed by atoms with Crippen LogP contribution in [0.2, 0.25) is 0 Å². The average molecular weight is 531 g/mol. The number of carbonyl (C=O) groups is 2. The van der Waals surface area contributed by atoms with E-state index in [1.807, 2.05) is 24.3 Å². The van der Waals surface area contributed by atoms with Gasteiger partial charge in [-0.25, -0.2) is 4.79 Å². The zero-order valence-electron chi connectivity index (χ0n) is 20.9. The van der Waals surface area contributed by atoms with Gasteiger partial charge in [-0.05, 0) is 54.8 Å². The number of methoxy groups -OCH3 is 1. The van der Waals surface area contributed by atoms with E-state index in [9.17, 15) is 30.0 Å². The number of ketones is 1. The van der Waals surface area contributed by atoms with Gasteiger partial charge >= 0.3 is 5.97 Å². The Hall–Kier alpha value is -3.48. The van der Waals surface area contributed by atoms with Crippen LogP contribution in [0.3, 0.4) is 0 Å². The van der Waals surface area contributed by atoms with Crippen LogP contribution in [0.15, 0.2) is 47.1 Å². The van der Waals surface area contributed by atoms with Crippen molar-refractivity contribution in [1.82, 2.24) is 0 Å². The van der Waals surface area contributed by atoms with Gasteiger partial charge in [0.2, 0.25) is 6.29 Å². The van der Waals surface area contributed by atoms with Crippen molar-refractivity contribution in [2.24, 2.45) is 0 Å². The van der Waals surface area contributed by atoms with E-state index in [1.54, 1.807) is 13.2 Å². The number of hydrogen-bond donors (Lipinski definition) is 4. The van der Waals surface area contributed by atoms with Crippen molar-refractivity contribution in [1.29, 1.82) is 0 Å². The second-order valence-electron chi connectivity index (χ2n) is 9.12. The molecule has 11 heteroatoms. The van der Waals surface area contributed by atoms with Crippen LogP contribution in [0.4, 0.5) is 0 Å². The second kappa shape index (κ2) is 11.9. The molecule has 1 saturated heterocycles. The number of furan rings is 1. The minimum Gasteiger partial charge on any atom is -0.507 e. The molecule has 5 unspecified atom stereocenters. The number of phenolic OH excluding ortho intramolecular Hbond substituents is 1. The number of aryl methyl sites for hydroxylation is 2. The van der Waals surface area contributed by atoms with E-state index in [-0.39, 0.29) is 30.1 Å². The lowest BCUT2D eigenvalue weighted by Gasteiger charge is -2.40. The normalized spacial score (nSPS) is 23.3. The van der Waals surface area contributed by atoms with Crippen LogP contribution in [-0.4, -0.2) is 83.2 Å². The summed E-state index contributed by atoms with van der Waals surface area (Å²) in [6.07, 6.45) is -5.76. The molecule has 5 atom stereocenters. The summed E-state index contributed by atoms with van der Waals surface area (Å²) in [5.41, 5.74) is 2.09. The lowest BCUT2D eigenvalue weighted by molar-refractivity contribution is -0.278. The maximum absolute atomic E-state index is 13.2. The first kappa shape index (κ1) is 27.6. The Labute approximate surface area is 218 Å². The third-order valence-corrected chi connectivity index (χ3v) is 6.24. The molecule has 4 rings (SSSR count). The Kier molecular flexibility index (Phi) is 8.65. The number of carbonyl (C=O) groups excluding carboxylic acids is 2. The number of fused-ring (bicyclic) bond motifs is 1. The number of aromatic hydroxyl groups is 1. The number of aliphatic hydroxyl groups is 3. The van der Waals surface area contributed by atoms with Gasteiger partial charge in [-0.3, -0.25) is 4.79 Å². The SMILES string of the molecule is COCC(=O)OCC1OC(Oc2cc(C)cc(O)c2C(=O)CCc2ccc3occc3c2)C(O)C(O)C1O. The Bertz CT molecular complexity index is 1280. The van der Waals surface area contributed by atoms with E-state index in [0.717, 1.165) is 16.5 Å². The van der Waals surface area contributed by atoms with Crippen molar-refractivity contribution in [2.75, 3.05) is 20.3 Å². The fraction of sp³-hybridized carbons (Fsp3) is 0.407. The minimum absolute atomic E-state index is 0.0455. The summed E-state index contributed by atoms with van der Waals surface area (Å²) in [6.45, 7) is 0.909. The van der Waals surface area contributed by atoms with Gasteiger partial charge in [0.05, 0.1) is 6.26 Å². The molecule has 3 aromatic rings. The van der Waals surface area contributed by atoms with Gasteiger partial charge in [-0.15, -0.1) is 0 Å². The number of aliphatic hydroxyl groups excluding tert-OH is 3. The molecule has 0 spiro atoms. The summed E-state index contributed by atoms with van der Waals surface area (Å²) in [5.74, 6) is -1.52. The molecule has 0 amide bonds. The molecule has 204 valence electrons. The Morgan fingerprint density at radius 3 is 2.58 bits per heavy atom. The fourth-order valence-electron chi connectivity index (χ4n) is 4.27. The first-order valence-corrected chi connectivity index (χ1v) is 12.0. The average Bonchev–Trinajstić information content (AvgIpc) is 3.35. The molecule has 2 aromatic carbocycles. The van der Waals surface area contributed by atoms with Crippen LogP contribution in [0.1, 0.15) is 27.9 Å². The Morgan fingerprint density at radius 1 is 1.03 bits per heavy atom. The molecule has 1 aliphatic rings. The summed E-state index contributed by atoms with van der Waals surface area (Å²) in [6, 6.07) is 10.3. The quantitative estimate of drug-likeness (QED) is 0.222. The molecule has 0 saturated carbocycles. The lowest BCUT2D eigenvalue weighted by Crippen LogP contribution is -2.60. The number of esters is 1. The molecule has 38 heavy (non-hydrogen) atoms. The van der Waals surface area contributed by atoms with E-state index >= 15 is 0 Å². The van der Waals surface area contributed by atoms with Crippen LogP contribution in [0.25, 0.3) is 11.0 Å². The standard InChI is InChI=1S/C27H30O11/c1-14-9-18(29)23(17(28)5-3-15-4-6-19-16(11-15)7-8-35-19)20(10-14)37-27-26(33)25(32)24(31)21(38-27)12-36-22(30)13-34-2/h4,6-11,21,24-27,29,31-33H,3,5,12-13H2,1-2H3. The highest BCUT2D eigenvalue weighted by molar-refractivity contribution is 6.01. The molecule has 11 nitrogen and oxygen atoms in total. The van der Waals surface area contributed by atoms with Crippen molar-refractivity contribution >= 4 is 22.7 Å². The molecule has 0 radical (unpaired) electrons. The number of Topliss-reactive ketones (excluding diaryl/α,β-unsaturated/α-hetero) is 1. The molecular formula is C27H30O11. The van der Waals surface area contributed by atoms with Crippen LogP contribution in [0.5, 0.6) is 11.5 Å². The van der Waals surface area contributed by atoms with Gasteiger partial charge in [0, 0.05) is 18.9 Å². The molecule has 0 bridgehead atoms. The summed E-state index contributed by atoms with van der Waals surface area (Å²) in [4.78, 5) is 24.8. The van der Waals surface area contributed by atoms with Gasteiger partial charge in [0.25, 0.3) is 0 Å². The highest BCUT2D eigenvalue weighted by atomic mass is 16.7. The van der Waals surface area contributed by atoms with Crippen molar-refractivity contribution in [3.05, 3.63) is 59.4 Å². The van der Waals surface area contributed by atoms with Gasteiger partial charge in [-0.2, -0.15) is 0 Å². The number of hydrogen-bond acceptors (Lipinski definition) is 11. The predicted molar refractivity (Wildman–Crippen MR) is 132 cm³/mol. The van der Waals surface area contributed by atoms with Crippen molar-refractivity contribution < 1.29 is 53.4 Å². The predicted octanol–water partition coefficient (Wildman–Crippen LogP) is 1.64. The summed E-state index contributed by atoms with van der Waals surface area (Å²) < 4.78 is 26.4. The van der Waals surface area contributed by atoms with E-state index in [0.29, 0.717) is 12.0 Å². The first-order chi connectivity index (χ1) is 18.2. The van der Waals surface area contributed by atoms with E-state index in [4.69, 9.17) is 18.6 Å². The van der Waals surface area contributed by atoms with Crippen molar-refractivity contribution in [2.45, 2.75) is 50.5 Å². The third-order valence-electron chi connectivity index (χ3n) is 6.24. The van der Waals surface area contributed by atoms with Gasteiger partial charge < -0.3 is 43.8 Å². The molecule has 1 fully saturated rings. The molecule has 0 aliphatic carbocycles. The van der Waals surface area contributed by atoms with Gasteiger partial charge in [0.1, 0.15) is 60.3 Å². The highest BCUT2D eigenvalue weighted by Crippen LogP contribution is 2.34. The van der Waals surface area contributed by atoms with Crippen molar-refractivity contribution in [3.63, 3.8) is 0 Å². The second-order valence-corrected chi connectivity index (χ2v) is 9.12. The Balaban J connectivity index is 1.50. The minimum atomic E-state index is -1.71. The van der Waals surface area contributed by atoms with Gasteiger partial charge in [-0.1, -0.05) is 6.07 Å². The maximum Gasteiger partial charge on any atom is 0.332 e. The number of phenols is 1. The zero-order valence-corrected chi connectivity index (χ0v) is 20.9. The largest absolute Gasteiger partial charge is 0.507 e. The van der Waals surface area contributed by atoms with Crippen LogP contribution in [-0.2, 0) is 25.4 Å². The fourth-order valence-corrected chi connectivity index (χ4v) is 4.27. The summed E-state index contributed by atoms with van der Waals surface area (Å²) in [7, 11) is 1.31. The Morgan fingerprint density at radius 2 is 1.82 bits per heavy atom.